The number of para-hydroxylation sites is 1. The number of anilines is 1. The first-order chi connectivity index (χ1) is 12.4. The zero-order valence-electron chi connectivity index (χ0n) is 13.3. The van der Waals surface area contributed by atoms with Crippen LogP contribution in [0.5, 0.6) is 0 Å². The predicted molar refractivity (Wildman–Crippen MR) is 106 cm³/mol. The lowest BCUT2D eigenvalue weighted by Gasteiger charge is -2.12. The number of aromatic nitrogens is 2. The van der Waals surface area contributed by atoms with E-state index in [0.29, 0.717) is 10.7 Å². The standard InChI is InChI=1S/C17H13Cl2N3O2S2/c18-13-6-5-11(9-14(13)19)26(23,24)21-15-4-2-1-3-12(15)16-10-22-7-8-25-17(22)20-16/h1-6,9-10,21H,7-8H2. The molecule has 1 aromatic heterocycles. The van der Waals surface area contributed by atoms with E-state index in [1.165, 1.54) is 18.2 Å². The summed E-state index contributed by atoms with van der Waals surface area (Å²) in [6.07, 6.45) is 1.95. The van der Waals surface area contributed by atoms with E-state index in [2.05, 4.69) is 14.3 Å². The average molecular weight is 426 g/mol. The smallest absolute Gasteiger partial charge is 0.261 e. The van der Waals surface area contributed by atoms with Gasteiger partial charge in [-0.05, 0) is 24.3 Å². The van der Waals surface area contributed by atoms with Crippen LogP contribution in [0, 0.1) is 0 Å². The van der Waals surface area contributed by atoms with E-state index in [1.807, 2.05) is 18.3 Å². The number of sulfonamides is 1. The highest BCUT2D eigenvalue weighted by Crippen LogP contribution is 2.34. The van der Waals surface area contributed by atoms with E-state index in [0.717, 1.165) is 28.7 Å². The van der Waals surface area contributed by atoms with Crippen LogP contribution in [0.15, 0.2) is 58.7 Å². The van der Waals surface area contributed by atoms with Gasteiger partial charge in [-0.1, -0.05) is 53.2 Å². The molecular formula is C17H13Cl2N3O2S2. The molecule has 5 nitrogen and oxygen atoms in total. The van der Waals surface area contributed by atoms with Crippen LogP contribution in [-0.2, 0) is 16.6 Å². The highest BCUT2D eigenvalue weighted by atomic mass is 35.5. The van der Waals surface area contributed by atoms with E-state index >= 15 is 0 Å². The second-order valence-corrected chi connectivity index (χ2v) is 9.24. The molecule has 2 heterocycles. The van der Waals surface area contributed by atoms with E-state index in [1.54, 1.807) is 23.9 Å². The normalized spacial score (nSPS) is 13.6. The van der Waals surface area contributed by atoms with Crippen LogP contribution < -0.4 is 4.72 Å². The summed E-state index contributed by atoms with van der Waals surface area (Å²) in [6, 6.07) is 11.4. The molecule has 134 valence electrons. The van der Waals surface area contributed by atoms with Gasteiger partial charge in [0, 0.05) is 24.1 Å². The number of rotatable bonds is 4. The van der Waals surface area contributed by atoms with Crippen molar-refractivity contribution in [1.82, 2.24) is 9.55 Å². The molecule has 0 amide bonds. The van der Waals surface area contributed by atoms with E-state index < -0.39 is 10.0 Å². The van der Waals surface area contributed by atoms with Crippen molar-refractivity contribution < 1.29 is 8.42 Å². The van der Waals surface area contributed by atoms with Crippen LogP contribution in [-0.4, -0.2) is 23.7 Å². The van der Waals surface area contributed by atoms with Crippen molar-refractivity contribution in [2.45, 2.75) is 16.6 Å². The highest BCUT2D eigenvalue weighted by molar-refractivity contribution is 7.99. The minimum atomic E-state index is -3.81. The van der Waals surface area contributed by atoms with Crippen LogP contribution in [0.3, 0.4) is 0 Å². The lowest BCUT2D eigenvalue weighted by molar-refractivity contribution is 0.601. The van der Waals surface area contributed by atoms with Gasteiger partial charge in [0.2, 0.25) is 0 Å². The molecule has 0 fully saturated rings. The van der Waals surface area contributed by atoms with Gasteiger partial charge in [-0.2, -0.15) is 0 Å². The lowest BCUT2D eigenvalue weighted by atomic mass is 10.1. The Kier molecular flexibility index (Phi) is 4.64. The SMILES string of the molecule is O=S(=O)(Nc1ccccc1-c1cn2c(n1)SCC2)c1ccc(Cl)c(Cl)c1. The van der Waals surface area contributed by atoms with Crippen molar-refractivity contribution in [2.24, 2.45) is 0 Å². The van der Waals surface area contributed by atoms with E-state index in [-0.39, 0.29) is 9.92 Å². The summed E-state index contributed by atoms with van der Waals surface area (Å²) >= 11 is 13.5. The Morgan fingerprint density at radius 1 is 1.12 bits per heavy atom. The largest absolute Gasteiger partial charge is 0.325 e. The zero-order valence-corrected chi connectivity index (χ0v) is 16.5. The number of nitrogens with zero attached hydrogens (tertiary/aromatic N) is 2. The Morgan fingerprint density at radius 3 is 2.69 bits per heavy atom. The fraction of sp³-hybridized carbons (Fsp3) is 0.118. The molecule has 0 atom stereocenters. The first-order valence-electron chi connectivity index (χ1n) is 7.71. The molecule has 0 aliphatic carbocycles. The van der Waals surface area contributed by atoms with Gasteiger partial charge in [0.1, 0.15) is 0 Å². The molecule has 1 N–H and O–H groups in total. The molecule has 26 heavy (non-hydrogen) atoms. The Hall–Kier alpha value is -1.67. The molecule has 0 spiro atoms. The van der Waals surface area contributed by atoms with Crippen LogP contribution >= 0.6 is 35.0 Å². The van der Waals surface area contributed by atoms with Crippen molar-refractivity contribution in [2.75, 3.05) is 10.5 Å². The molecule has 9 heteroatoms. The summed E-state index contributed by atoms with van der Waals surface area (Å²) in [5, 5.41) is 1.43. The highest BCUT2D eigenvalue weighted by Gasteiger charge is 2.20. The molecule has 0 bridgehead atoms. The third kappa shape index (κ3) is 3.32. The number of thioether (sulfide) groups is 1. The van der Waals surface area contributed by atoms with Gasteiger partial charge in [0.05, 0.1) is 26.3 Å². The molecule has 2 aromatic carbocycles. The number of aryl methyl sites for hydroxylation is 1. The Labute approximate surface area is 165 Å². The third-order valence-corrected chi connectivity index (χ3v) is 7.02. The Morgan fingerprint density at radius 2 is 1.92 bits per heavy atom. The van der Waals surface area contributed by atoms with Crippen LogP contribution in [0.2, 0.25) is 10.0 Å². The number of benzene rings is 2. The molecule has 3 aromatic rings. The van der Waals surface area contributed by atoms with Gasteiger partial charge in [-0.25, -0.2) is 13.4 Å². The van der Waals surface area contributed by atoms with Crippen LogP contribution in [0.1, 0.15) is 0 Å². The maximum atomic E-state index is 12.7. The summed E-state index contributed by atoms with van der Waals surface area (Å²) in [5.74, 6) is 1.01. The van der Waals surface area contributed by atoms with E-state index in [9.17, 15) is 8.42 Å². The number of fused-ring (bicyclic) bond motifs is 1. The van der Waals surface area contributed by atoms with Crippen molar-refractivity contribution in [3.63, 3.8) is 0 Å². The number of nitrogens with one attached hydrogen (secondary N) is 1. The number of hydrogen-bond acceptors (Lipinski definition) is 4. The van der Waals surface area contributed by atoms with Gasteiger partial charge in [-0.15, -0.1) is 0 Å². The second kappa shape index (κ2) is 6.81. The van der Waals surface area contributed by atoms with E-state index in [4.69, 9.17) is 23.2 Å². The number of halogens is 2. The number of imidazole rings is 1. The fourth-order valence-electron chi connectivity index (χ4n) is 2.68. The molecule has 0 unspecified atom stereocenters. The Balaban J connectivity index is 1.71. The van der Waals surface area contributed by atoms with Crippen molar-refractivity contribution in [3.05, 3.63) is 58.7 Å². The minimum absolute atomic E-state index is 0.0459. The van der Waals surface area contributed by atoms with Gasteiger partial charge in [0.15, 0.2) is 5.16 Å². The molecular weight excluding hydrogens is 413 g/mol. The minimum Gasteiger partial charge on any atom is -0.325 e. The Bertz CT molecular complexity index is 1080. The molecule has 1 aliphatic heterocycles. The van der Waals surface area contributed by atoms with Gasteiger partial charge in [0.25, 0.3) is 10.0 Å². The summed E-state index contributed by atoms with van der Waals surface area (Å²) in [6.45, 7) is 0.907. The van der Waals surface area contributed by atoms with Crippen LogP contribution in [0.25, 0.3) is 11.3 Å². The topological polar surface area (TPSA) is 64.0 Å². The molecule has 0 saturated heterocycles. The van der Waals surface area contributed by atoms with Crippen molar-refractivity contribution >= 4 is 50.7 Å². The monoisotopic (exact) mass is 425 g/mol. The zero-order chi connectivity index (χ0) is 18.3. The number of hydrogen-bond donors (Lipinski definition) is 1. The molecule has 4 rings (SSSR count). The van der Waals surface area contributed by atoms with Gasteiger partial charge in [-0.3, -0.25) is 4.72 Å². The van der Waals surface area contributed by atoms with Crippen molar-refractivity contribution in [3.8, 4) is 11.3 Å². The average Bonchev–Trinajstić information content (AvgIpc) is 3.19. The first-order valence-corrected chi connectivity index (χ1v) is 10.9. The van der Waals surface area contributed by atoms with Crippen molar-refractivity contribution in [1.29, 1.82) is 0 Å². The lowest BCUT2D eigenvalue weighted by Crippen LogP contribution is -2.13. The summed E-state index contributed by atoms with van der Waals surface area (Å²) < 4.78 is 30.2. The van der Waals surface area contributed by atoms with Gasteiger partial charge >= 0.3 is 0 Å². The van der Waals surface area contributed by atoms with Crippen LogP contribution in [0.4, 0.5) is 5.69 Å². The fourth-order valence-corrected chi connectivity index (χ4v) is 5.09. The molecule has 0 radical (unpaired) electrons. The summed E-state index contributed by atoms with van der Waals surface area (Å²) in [5.41, 5.74) is 1.92. The summed E-state index contributed by atoms with van der Waals surface area (Å²) in [7, 11) is -3.81. The summed E-state index contributed by atoms with van der Waals surface area (Å²) in [4.78, 5) is 4.65. The third-order valence-electron chi connectivity index (χ3n) is 3.95. The maximum absolute atomic E-state index is 12.7. The quantitative estimate of drug-likeness (QED) is 0.653. The first kappa shape index (κ1) is 17.7. The molecule has 1 aliphatic rings. The maximum Gasteiger partial charge on any atom is 0.261 e. The second-order valence-electron chi connectivity index (χ2n) is 5.68. The molecule has 0 saturated carbocycles. The predicted octanol–water partition coefficient (Wildman–Crippen LogP) is 4.76. The van der Waals surface area contributed by atoms with Gasteiger partial charge < -0.3 is 4.57 Å².